The number of imidazole rings is 1. The third kappa shape index (κ3) is 2.34. The molecule has 0 amide bonds. The van der Waals surface area contributed by atoms with Crippen LogP contribution in [-0.2, 0) is 7.05 Å². The summed E-state index contributed by atoms with van der Waals surface area (Å²) < 4.78 is 1.89. The zero-order valence-corrected chi connectivity index (χ0v) is 14.0. The highest BCUT2D eigenvalue weighted by Gasteiger charge is 2.32. The standard InChI is InChI=1S/C19H18N4O2/c1-11-6-7-15-14(8-11)21-19(22(15)2)17-16(25)10-23(18(17)20)12-4-3-5-13(24)9-12/h3-9,20,24-25H,10H2,1-2H3. The fraction of sp³-hybridized carbons (Fsp3) is 0.158. The van der Waals surface area contributed by atoms with Crippen molar-refractivity contribution in [3.63, 3.8) is 0 Å². The van der Waals surface area contributed by atoms with Gasteiger partial charge in [0.15, 0.2) is 0 Å². The second-order valence-corrected chi connectivity index (χ2v) is 6.26. The Labute approximate surface area is 144 Å². The summed E-state index contributed by atoms with van der Waals surface area (Å²) in [6, 6.07) is 12.6. The van der Waals surface area contributed by atoms with Crippen LogP contribution in [0.3, 0.4) is 0 Å². The number of nitrogens with one attached hydrogen (secondary N) is 1. The largest absolute Gasteiger partial charge is 0.509 e. The average molecular weight is 334 g/mol. The number of aromatic nitrogens is 2. The van der Waals surface area contributed by atoms with E-state index < -0.39 is 0 Å². The van der Waals surface area contributed by atoms with Crippen LogP contribution in [-0.4, -0.2) is 32.1 Å². The Hall–Kier alpha value is -3.28. The molecule has 0 aliphatic carbocycles. The van der Waals surface area contributed by atoms with Crippen molar-refractivity contribution in [3.05, 3.63) is 59.6 Å². The molecule has 3 N–H and O–H groups in total. The molecule has 1 aliphatic rings. The number of rotatable bonds is 2. The molecule has 0 unspecified atom stereocenters. The number of hydrogen-bond acceptors (Lipinski definition) is 4. The van der Waals surface area contributed by atoms with Crippen molar-refractivity contribution in [1.29, 1.82) is 5.41 Å². The van der Waals surface area contributed by atoms with Crippen molar-refractivity contribution in [1.82, 2.24) is 9.55 Å². The Kier molecular flexibility index (Phi) is 3.28. The number of aliphatic hydroxyl groups excluding tert-OH is 1. The van der Waals surface area contributed by atoms with Crippen LogP contribution in [0.25, 0.3) is 16.6 Å². The van der Waals surface area contributed by atoms with Gasteiger partial charge in [0.25, 0.3) is 0 Å². The highest BCUT2D eigenvalue weighted by atomic mass is 16.3. The van der Waals surface area contributed by atoms with Gasteiger partial charge in [0.05, 0.1) is 23.2 Å². The van der Waals surface area contributed by atoms with Crippen molar-refractivity contribution < 1.29 is 10.2 Å². The number of hydrogen-bond donors (Lipinski definition) is 3. The van der Waals surface area contributed by atoms with E-state index in [1.54, 1.807) is 29.2 Å². The van der Waals surface area contributed by atoms with Crippen LogP contribution in [0.4, 0.5) is 5.69 Å². The second kappa shape index (κ2) is 5.37. The van der Waals surface area contributed by atoms with Crippen LogP contribution in [0.1, 0.15) is 11.4 Å². The molecule has 3 aromatic rings. The molecule has 0 saturated heterocycles. The predicted octanol–water partition coefficient (Wildman–Crippen LogP) is 3.35. The van der Waals surface area contributed by atoms with Gasteiger partial charge in [-0.1, -0.05) is 12.1 Å². The molecule has 0 atom stereocenters. The fourth-order valence-corrected chi connectivity index (χ4v) is 3.23. The van der Waals surface area contributed by atoms with E-state index in [1.807, 2.05) is 36.7 Å². The zero-order valence-electron chi connectivity index (χ0n) is 14.0. The third-order valence-corrected chi connectivity index (χ3v) is 4.50. The van der Waals surface area contributed by atoms with Crippen LogP contribution in [0, 0.1) is 12.3 Å². The summed E-state index contributed by atoms with van der Waals surface area (Å²) in [6.45, 7) is 2.19. The Morgan fingerprint density at radius 1 is 1.12 bits per heavy atom. The first-order valence-electron chi connectivity index (χ1n) is 7.97. The lowest BCUT2D eigenvalue weighted by Crippen LogP contribution is -2.26. The van der Waals surface area contributed by atoms with Gasteiger partial charge in [-0.25, -0.2) is 4.98 Å². The van der Waals surface area contributed by atoms with Crippen LogP contribution >= 0.6 is 0 Å². The van der Waals surface area contributed by atoms with E-state index in [-0.39, 0.29) is 23.9 Å². The van der Waals surface area contributed by atoms with Crippen molar-refractivity contribution in [2.45, 2.75) is 6.92 Å². The molecule has 1 aliphatic heterocycles. The minimum Gasteiger partial charge on any atom is -0.509 e. The fourth-order valence-electron chi connectivity index (χ4n) is 3.23. The minimum atomic E-state index is 0.100. The van der Waals surface area contributed by atoms with Crippen LogP contribution in [0.2, 0.25) is 0 Å². The van der Waals surface area contributed by atoms with Gasteiger partial charge in [-0.15, -0.1) is 0 Å². The number of phenols is 1. The number of fused-ring (bicyclic) bond motifs is 1. The Balaban J connectivity index is 1.79. The average Bonchev–Trinajstić information content (AvgIpc) is 3.04. The molecule has 0 saturated carbocycles. The lowest BCUT2D eigenvalue weighted by atomic mass is 10.2. The summed E-state index contributed by atoms with van der Waals surface area (Å²) in [5.41, 5.74) is 3.96. The maximum Gasteiger partial charge on any atom is 0.148 e. The molecule has 126 valence electrons. The van der Waals surface area contributed by atoms with E-state index in [1.165, 1.54) is 0 Å². The molecule has 0 bridgehead atoms. The molecule has 2 aromatic carbocycles. The first-order chi connectivity index (χ1) is 12.0. The molecule has 6 nitrogen and oxygen atoms in total. The van der Waals surface area contributed by atoms with Gasteiger partial charge in [-0.2, -0.15) is 0 Å². The number of aromatic hydroxyl groups is 1. The number of anilines is 1. The summed E-state index contributed by atoms with van der Waals surface area (Å²) >= 11 is 0. The van der Waals surface area contributed by atoms with E-state index in [0.29, 0.717) is 17.1 Å². The molecule has 2 heterocycles. The number of aliphatic hydroxyl groups is 1. The van der Waals surface area contributed by atoms with E-state index >= 15 is 0 Å². The van der Waals surface area contributed by atoms with E-state index in [9.17, 15) is 10.2 Å². The summed E-state index contributed by atoms with van der Waals surface area (Å²) in [5, 5.41) is 28.7. The molecule has 0 radical (unpaired) electrons. The van der Waals surface area contributed by atoms with Gasteiger partial charge in [0, 0.05) is 18.8 Å². The van der Waals surface area contributed by atoms with Crippen LogP contribution in [0.5, 0.6) is 5.75 Å². The van der Waals surface area contributed by atoms with E-state index in [0.717, 1.165) is 16.6 Å². The molecule has 0 fully saturated rings. The number of nitrogens with zero attached hydrogens (tertiary/aromatic N) is 3. The zero-order chi connectivity index (χ0) is 17.7. The van der Waals surface area contributed by atoms with Crippen molar-refractivity contribution in [2.24, 2.45) is 7.05 Å². The SMILES string of the molecule is Cc1ccc2c(c1)nc(C1=C(O)CN(c3cccc(O)c3)C1=N)n2C. The Bertz CT molecular complexity index is 1050. The third-order valence-electron chi connectivity index (χ3n) is 4.50. The summed E-state index contributed by atoms with van der Waals surface area (Å²) in [6.07, 6.45) is 0. The highest BCUT2D eigenvalue weighted by Crippen LogP contribution is 2.33. The Morgan fingerprint density at radius 3 is 2.68 bits per heavy atom. The molecule has 1 aromatic heterocycles. The molecule has 0 spiro atoms. The monoisotopic (exact) mass is 334 g/mol. The van der Waals surface area contributed by atoms with Crippen molar-refractivity contribution in [3.8, 4) is 5.75 Å². The predicted molar refractivity (Wildman–Crippen MR) is 98.2 cm³/mol. The summed E-state index contributed by atoms with van der Waals surface area (Å²) in [5.74, 6) is 0.948. The van der Waals surface area contributed by atoms with Gasteiger partial charge < -0.3 is 19.7 Å². The lowest BCUT2D eigenvalue weighted by Gasteiger charge is -2.18. The van der Waals surface area contributed by atoms with E-state index in [2.05, 4.69) is 4.98 Å². The normalized spacial score (nSPS) is 14.8. The summed E-state index contributed by atoms with van der Waals surface area (Å²) in [7, 11) is 1.88. The second-order valence-electron chi connectivity index (χ2n) is 6.26. The molecular weight excluding hydrogens is 316 g/mol. The maximum absolute atomic E-state index is 10.5. The van der Waals surface area contributed by atoms with Crippen LogP contribution < -0.4 is 4.90 Å². The van der Waals surface area contributed by atoms with E-state index in [4.69, 9.17) is 5.41 Å². The molecular formula is C19H18N4O2. The van der Waals surface area contributed by atoms with Gasteiger partial charge in [0.2, 0.25) is 0 Å². The van der Waals surface area contributed by atoms with Crippen molar-refractivity contribution in [2.75, 3.05) is 11.4 Å². The smallest absolute Gasteiger partial charge is 0.148 e. The van der Waals surface area contributed by atoms with Gasteiger partial charge in [-0.05, 0) is 36.8 Å². The summed E-state index contributed by atoms with van der Waals surface area (Å²) in [4.78, 5) is 6.28. The number of amidine groups is 1. The molecule has 6 heteroatoms. The highest BCUT2D eigenvalue weighted by molar-refractivity contribution is 6.30. The lowest BCUT2D eigenvalue weighted by molar-refractivity contribution is 0.411. The maximum atomic E-state index is 10.5. The molecule has 25 heavy (non-hydrogen) atoms. The minimum absolute atomic E-state index is 0.100. The van der Waals surface area contributed by atoms with Gasteiger partial charge >= 0.3 is 0 Å². The first kappa shape index (κ1) is 15.3. The number of aryl methyl sites for hydroxylation is 2. The quantitative estimate of drug-likeness (QED) is 0.671. The van der Waals surface area contributed by atoms with Crippen LogP contribution in [0.15, 0.2) is 48.2 Å². The molecule has 4 rings (SSSR count). The number of benzene rings is 2. The van der Waals surface area contributed by atoms with Gasteiger partial charge in [-0.3, -0.25) is 5.41 Å². The van der Waals surface area contributed by atoms with Gasteiger partial charge in [0.1, 0.15) is 23.2 Å². The first-order valence-corrected chi connectivity index (χ1v) is 7.97. The number of phenolic OH excluding ortho intramolecular Hbond substituents is 1. The Morgan fingerprint density at radius 2 is 1.92 bits per heavy atom. The topological polar surface area (TPSA) is 85.4 Å². The van der Waals surface area contributed by atoms with Crippen molar-refractivity contribution >= 4 is 28.1 Å².